The Morgan fingerprint density at radius 3 is 1.97 bits per heavy atom. The number of hydrogen-bond acceptors (Lipinski definition) is 1. The molecule has 0 aromatic heterocycles. The van der Waals surface area contributed by atoms with Crippen molar-refractivity contribution in [1.29, 1.82) is 0 Å². The van der Waals surface area contributed by atoms with Crippen LogP contribution >= 0.6 is 15.9 Å². The van der Waals surface area contributed by atoms with Crippen LogP contribution in [-0.4, -0.2) is 0 Å². The van der Waals surface area contributed by atoms with E-state index in [0.717, 1.165) is 37.9 Å². The smallest absolute Gasteiger partial charge is 0.130 e. The van der Waals surface area contributed by atoms with Gasteiger partial charge in [-0.3, -0.25) is 0 Å². The molecular weight excluding hydrogens is 530 g/mol. The quantitative estimate of drug-likeness (QED) is 0.207. The highest BCUT2D eigenvalue weighted by atomic mass is 79.9. The minimum Gasteiger partial charge on any atom is -0.457 e. The summed E-state index contributed by atoms with van der Waals surface area (Å²) in [5, 5.41) is 0. The highest BCUT2D eigenvalue weighted by molar-refractivity contribution is 9.10. The standard InChI is InChI=1S/C33H21BrF2O/c1-2-21-10-15-24(16-11-21)37-25-17-12-22(13-18-25)33(32-30(35)8-5-9-31(32)36)28-7-4-3-6-26(28)27-19-14-23(34)20-29(27)33/h2-20H,1H2. The van der Waals surface area contributed by atoms with Crippen LogP contribution in [0.25, 0.3) is 17.2 Å². The summed E-state index contributed by atoms with van der Waals surface area (Å²) >= 11 is 3.59. The van der Waals surface area contributed by atoms with Gasteiger partial charge < -0.3 is 4.74 Å². The molecule has 5 aromatic carbocycles. The zero-order valence-corrected chi connectivity index (χ0v) is 21.3. The summed E-state index contributed by atoms with van der Waals surface area (Å²) in [6.07, 6.45) is 1.77. The van der Waals surface area contributed by atoms with Crippen molar-refractivity contribution < 1.29 is 13.5 Å². The van der Waals surface area contributed by atoms with Crippen molar-refractivity contribution in [2.24, 2.45) is 0 Å². The monoisotopic (exact) mass is 550 g/mol. The van der Waals surface area contributed by atoms with Gasteiger partial charge in [-0.15, -0.1) is 0 Å². The number of ether oxygens (including phenoxy) is 1. The molecule has 6 rings (SSSR count). The van der Waals surface area contributed by atoms with Crippen molar-refractivity contribution in [1.82, 2.24) is 0 Å². The lowest BCUT2D eigenvalue weighted by Gasteiger charge is -2.34. The molecule has 0 fully saturated rings. The highest BCUT2D eigenvalue weighted by Gasteiger charge is 2.49. The van der Waals surface area contributed by atoms with Gasteiger partial charge in [0.15, 0.2) is 0 Å². The van der Waals surface area contributed by atoms with Gasteiger partial charge in [0.05, 0.1) is 5.41 Å². The van der Waals surface area contributed by atoms with E-state index in [0.29, 0.717) is 11.5 Å². The summed E-state index contributed by atoms with van der Waals surface area (Å²) in [5.74, 6) is 0.129. The first-order valence-corrected chi connectivity index (χ1v) is 12.7. The summed E-state index contributed by atoms with van der Waals surface area (Å²) in [7, 11) is 0. The van der Waals surface area contributed by atoms with Crippen molar-refractivity contribution in [3.05, 3.63) is 160 Å². The molecule has 5 aromatic rings. The van der Waals surface area contributed by atoms with E-state index in [1.54, 1.807) is 6.08 Å². The number of fused-ring (bicyclic) bond motifs is 3. The maximum absolute atomic E-state index is 15.7. The number of halogens is 3. The number of hydrogen-bond donors (Lipinski definition) is 0. The molecule has 0 heterocycles. The van der Waals surface area contributed by atoms with Crippen LogP contribution in [0.3, 0.4) is 0 Å². The fourth-order valence-corrected chi connectivity index (χ4v) is 5.77. The Kier molecular flexibility index (Phi) is 5.77. The molecule has 180 valence electrons. The predicted molar refractivity (Wildman–Crippen MR) is 148 cm³/mol. The van der Waals surface area contributed by atoms with Gasteiger partial charge in [-0.2, -0.15) is 0 Å². The van der Waals surface area contributed by atoms with Crippen LogP contribution in [0.2, 0.25) is 0 Å². The van der Waals surface area contributed by atoms with Crippen molar-refractivity contribution in [2.75, 3.05) is 0 Å². The predicted octanol–water partition coefficient (Wildman–Crippen LogP) is 9.53. The fraction of sp³-hybridized carbons (Fsp3) is 0.0303. The molecule has 0 aliphatic heterocycles. The lowest BCUT2D eigenvalue weighted by molar-refractivity contribution is 0.482. The molecule has 1 unspecified atom stereocenters. The van der Waals surface area contributed by atoms with E-state index < -0.39 is 17.0 Å². The van der Waals surface area contributed by atoms with E-state index in [4.69, 9.17) is 4.74 Å². The first-order chi connectivity index (χ1) is 18.0. The zero-order chi connectivity index (χ0) is 25.6. The molecule has 1 aliphatic carbocycles. The third-order valence-corrected chi connectivity index (χ3v) is 7.48. The van der Waals surface area contributed by atoms with E-state index >= 15 is 8.78 Å². The molecule has 1 aliphatic rings. The third kappa shape index (κ3) is 3.71. The summed E-state index contributed by atoms with van der Waals surface area (Å²) in [6.45, 7) is 3.78. The molecule has 1 atom stereocenters. The zero-order valence-electron chi connectivity index (χ0n) is 19.7. The van der Waals surface area contributed by atoms with Crippen LogP contribution in [0.5, 0.6) is 11.5 Å². The molecule has 0 radical (unpaired) electrons. The molecule has 4 heteroatoms. The van der Waals surface area contributed by atoms with Gasteiger partial charge in [-0.05, 0) is 81.9 Å². The highest BCUT2D eigenvalue weighted by Crippen LogP contribution is 2.57. The van der Waals surface area contributed by atoms with Gasteiger partial charge in [0.25, 0.3) is 0 Å². The molecule has 0 bridgehead atoms. The topological polar surface area (TPSA) is 9.23 Å². The largest absolute Gasteiger partial charge is 0.457 e. The Balaban J connectivity index is 1.57. The average Bonchev–Trinajstić information content (AvgIpc) is 3.20. The molecule has 0 saturated heterocycles. The molecule has 37 heavy (non-hydrogen) atoms. The minimum absolute atomic E-state index is 0.00739. The first kappa shape index (κ1) is 23.4. The second-order valence-corrected chi connectivity index (χ2v) is 9.90. The number of benzene rings is 5. The second-order valence-electron chi connectivity index (χ2n) is 8.98. The molecule has 0 spiro atoms. The molecular formula is C33H21BrF2O. The third-order valence-electron chi connectivity index (χ3n) is 6.98. The van der Waals surface area contributed by atoms with Crippen LogP contribution in [0.15, 0.2) is 120 Å². The van der Waals surface area contributed by atoms with Gasteiger partial charge in [-0.25, -0.2) is 8.78 Å². The van der Waals surface area contributed by atoms with Crippen LogP contribution in [-0.2, 0) is 5.41 Å². The van der Waals surface area contributed by atoms with Gasteiger partial charge in [0.1, 0.15) is 23.1 Å². The maximum Gasteiger partial charge on any atom is 0.130 e. The lowest BCUT2D eigenvalue weighted by atomic mass is 9.67. The normalized spacial score (nSPS) is 15.6. The summed E-state index contributed by atoms with van der Waals surface area (Å²) < 4.78 is 38.2. The van der Waals surface area contributed by atoms with E-state index in [2.05, 4.69) is 22.5 Å². The Bertz CT molecular complexity index is 1620. The average molecular weight is 551 g/mol. The Hall–Kier alpha value is -4.02. The SMILES string of the molecule is C=Cc1ccc(Oc2ccc(C3(c4c(F)cccc4F)c4ccccc4-c4ccc(Br)cc43)cc2)cc1. The Morgan fingerprint density at radius 1 is 0.676 bits per heavy atom. The van der Waals surface area contributed by atoms with Crippen LogP contribution in [0.4, 0.5) is 8.78 Å². The van der Waals surface area contributed by atoms with Gasteiger partial charge in [0, 0.05) is 10.0 Å². The van der Waals surface area contributed by atoms with Crippen LogP contribution in [0.1, 0.15) is 27.8 Å². The fourth-order valence-electron chi connectivity index (χ4n) is 5.41. The summed E-state index contributed by atoms with van der Waals surface area (Å²) in [4.78, 5) is 0. The molecule has 0 saturated carbocycles. The van der Waals surface area contributed by atoms with Crippen LogP contribution in [0, 0.1) is 11.6 Å². The number of rotatable bonds is 5. The van der Waals surface area contributed by atoms with Gasteiger partial charge in [-0.1, -0.05) is 89.2 Å². The van der Waals surface area contributed by atoms with E-state index in [1.165, 1.54) is 18.2 Å². The first-order valence-electron chi connectivity index (χ1n) is 11.9. The summed E-state index contributed by atoms with van der Waals surface area (Å²) in [6, 6.07) is 32.9. The van der Waals surface area contributed by atoms with Gasteiger partial charge >= 0.3 is 0 Å². The second kappa shape index (κ2) is 9.13. The minimum atomic E-state index is -1.19. The van der Waals surface area contributed by atoms with E-state index in [1.807, 2.05) is 91.0 Å². The molecule has 0 N–H and O–H groups in total. The van der Waals surface area contributed by atoms with Crippen molar-refractivity contribution in [3.8, 4) is 22.6 Å². The van der Waals surface area contributed by atoms with E-state index in [-0.39, 0.29) is 5.56 Å². The van der Waals surface area contributed by atoms with E-state index in [9.17, 15) is 0 Å². The van der Waals surface area contributed by atoms with Crippen molar-refractivity contribution in [2.45, 2.75) is 5.41 Å². The molecule has 0 amide bonds. The van der Waals surface area contributed by atoms with Crippen molar-refractivity contribution >= 4 is 22.0 Å². The maximum atomic E-state index is 15.7. The Labute approximate surface area is 222 Å². The Morgan fingerprint density at radius 2 is 1.30 bits per heavy atom. The van der Waals surface area contributed by atoms with Crippen LogP contribution < -0.4 is 4.74 Å². The lowest BCUT2D eigenvalue weighted by Crippen LogP contribution is -2.31. The van der Waals surface area contributed by atoms with Gasteiger partial charge in [0.2, 0.25) is 0 Å². The molecule has 1 nitrogen and oxygen atoms in total. The summed E-state index contributed by atoms with van der Waals surface area (Å²) in [5.41, 5.74) is 4.13. The van der Waals surface area contributed by atoms with Crippen molar-refractivity contribution in [3.63, 3.8) is 0 Å².